The summed E-state index contributed by atoms with van der Waals surface area (Å²) in [6, 6.07) is 9.31. The Balaban J connectivity index is 1.61. The molecule has 0 radical (unpaired) electrons. The summed E-state index contributed by atoms with van der Waals surface area (Å²) in [6.07, 6.45) is 1.90. The molecular weight excluding hydrogens is 382 g/mol. The SMILES string of the molecule is O=C(NCC(=O)N(Cc1cccs1)CC1CCCO1)c1cccc([N+](=O)[O-])c1. The predicted octanol–water partition coefficient (Wildman–Crippen LogP) is 2.59. The molecule has 0 spiro atoms. The van der Waals surface area contributed by atoms with Crippen LogP contribution in [-0.4, -0.2) is 47.4 Å². The molecule has 1 atom stereocenters. The Hall–Kier alpha value is -2.78. The number of rotatable bonds is 8. The molecule has 3 rings (SSSR count). The third-order valence-corrected chi connectivity index (χ3v) is 5.31. The highest BCUT2D eigenvalue weighted by atomic mass is 32.1. The van der Waals surface area contributed by atoms with Gasteiger partial charge in [0, 0.05) is 35.7 Å². The van der Waals surface area contributed by atoms with Gasteiger partial charge < -0.3 is 15.0 Å². The van der Waals surface area contributed by atoms with Crippen molar-refractivity contribution in [2.45, 2.75) is 25.5 Å². The lowest BCUT2D eigenvalue weighted by Crippen LogP contribution is -2.43. The van der Waals surface area contributed by atoms with Crippen LogP contribution < -0.4 is 5.32 Å². The highest BCUT2D eigenvalue weighted by Gasteiger charge is 2.23. The molecule has 0 saturated carbocycles. The summed E-state index contributed by atoms with van der Waals surface area (Å²) in [5, 5.41) is 15.4. The van der Waals surface area contributed by atoms with Crippen LogP contribution in [0.1, 0.15) is 28.1 Å². The van der Waals surface area contributed by atoms with Crippen molar-refractivity contribution in [2.24, 2.45) is 0 Å². The van der Waals surface area contributed by atoms with Gasteiger partial charge in [0.05, 0.1) is 24.1 Å². The number of ether oxygens (including phenoxy) is 1. The van der Waals surface area contributed by atoms with Crippen LogP contribution in [-0.2, 0) is 16.1 Å². The number of thiophene rings is 1. The number of carbonyl (C=O) groups is 2. The minimum atomic E-state index is -0.563. The van der Waals surface area contributed by atoms with E-state index in [1.54, 1.807) is 16.2 Å². The number of hydrogen-bond donors (Lipinski definition) is 1. The Bertz CT molecular complexity index is 834. The van der Waals surface area contributed by atoms with Gasteiger partial charge in [-0.1, -0.05) is 12.1 Å². The van der Waals surface area contributed by atoms with E-state index < -0.39 is 10.8 Å². The van der Waals surface area contributed by atoms with Crippen LogP contribution in [0.25, 0.3) is 0 Å². The van der Waals surface area contributed by atoms with E-state index in [1.807, 2.05) is 17.5 Å². The highest BCUT2D eigenvalue weighted by molar-refractivity contribution is 7.09. The smallest absolute Gasteiger partial charge is 0.270 e. The van der Waals surface area contributed by atoms with Crippen molar-refractivity contribution >= 4 is 28.8 Å². The molecule has 1 fully saturated rings. The fourth-order valence-corrected chi connectivity index (χ4v) is 3.73. The van der Waals surface area contributed by atoms with Gasteiger partial charge in [0.25, 0.3) is 11.6 Å². The molecule has 8 nitrogen and oxygen atoms in total. The van der Waals surface area contributed by atoms with Gasteiger partial charge >= 0.3 is 0 Å². The van der Waals surface area contributed by atoms with Crippen molar-refractivity contribution in [2.75, 3.05) is 19.7 Å². The minimum absolute atomic E-state index is 0.0105. The van der Waals surface area contributed by atoms with Gasteiger partial charge in [0.15, 0.2) is 0 Å². The van der Waals surface area contributed by atoms with E-state index >= 15 is 0 Å². The van der Waals surface area contributed by atoms with E-state index in [9.17, 15) is 19.7 Å². The fraction of sp³-hybridized carbons (Fsp3) is 0.368. The minimum Gasteiger partial charge on any atom is -0.376 e. The zero-order valence-corrected chi connectivity index (χ0v) is 16.0. The molecule has 28 heavy (non-hydrogen) atoms. The number of nitro benzene ring substituents is 1. The van der Waals surface area contributed by atoms with Crippen molar-refractivity contribution < 1.29 is 19.2 Å². The number of non-ortho nitro benzene ring substituents is 1. The lowest BCUT2D eigenvalue weighted by atomic mass is 10.2. The normalized spacial score (nSPS) is 15.9. The molecular formula is C19H21N3O5S. The second kappa shape index (κ2) is 9.43. The first-order chi connectivity index (χ1) is 13.5. The van der Waals surface area contributed by atoms with Crippen LogP contribution in [0.2, 0.25) is 0 Å². The van der Waals surface area contributed by atoms with Gasteiger partial charge in [-0.3, -0.25) is 19.7 Å². The average molecular weight is 403 g/mol. The first-order valence-corrected chi connectivity index (χ1v) is 9.85. The number of nitrogens with one attached hydrogen (secondary N) is 1. The largest absolute Gasteiger partial charge is 0.376 e. The van der Waals surface area contributed by atoms with Crippen molar-refractivity contribution in [1.82, 2.24) is 10.2 Å². The molecule has 1 aromatic heterocycles. The molecule has 0 bridgehead atoms. The van der Waals surface area contributed by atoms with Crippen LogP contribution in [0.3, 0.4) is 0 Å². The van der Waals surface area contributed by atoms with E-state index in [0.717, 1.165) is 17.7 Å². The van der Waals surface area contributed by atoms with Gasteiger partial charge in [-0.05, 0) is 30.4 Å². The summed E-state index contributed by atoms with van der Waals surface area (Å²) in [5.41, 5.74) is -0.0254. The second-order valence-electron chi connectivity index (χ2n) is 6.48. The highest BCUT2D eigenvalue weighted by Crippen LogP contribution is 2.17. The predicted molar refractivity (Wildman–Crippen MR) is 104 cm³/mol. The number of benzene rings is 1. The molecule has 1 unspecified atom stereocenters. The van der Waals surface area contributed by atoms with Crippen molar-refractivity contribution in [3.8, 4) is 0 Å². The maximum atomic E-state index is 12.7. The Kier molecular flexibility index (Phi) is 6.72. The average Bonchev–Trinajstić information content (AvgIpc) is 3.39. The number of carbonyl (C=O) groups excluding carboxylic acids is 2. The van der Waals surface area contributed by atoms with E-state index in [2.05, 4.69) is 5.32 Å². The molecule has 1 aromatic carbocycles. The van der Waals surface area contributed by atoms with E-state index in [0.29, 0.717) is 19.7 Å². The summed E-state index contributed by atoms with van der Waals surface area (Å²) in [7, 11) is 0. The van der Waals surface area contributed by atoms with E-state index in [1.165, 1.54) is 24.3 Å². The second-order valence-corrected chi connectivity index (χ2v) is 7.51. The first-order valence-electron chi connectivity index (χ1n) is 8.97. The van der Waals surface area contributed by atoms with Crippen LogP contribution >= 0.6 is 11.3 Å². The molecule has 2 heterocycles. The number of nitro groups is 1. The third kappa shape index (κ3) is 5.37. The quantitative estimate of drug-likeness (QED) is 0.539. The zero-order chi connectivity index (χ0) is 19.9. The van der Waals surface area contributed by atoms with Gasteiger partial charge in [0.1, 0.15) is 0 Å². The summed E-state index contributed by atoms with van der Waals surface area (Å²) in [5.74, 6) is -0.743. The lowest BCUT2D eigenvalue weighted by Gasteiger charge is -2.25. The van der Waals surface area contributed by atoms with E-state index in [-0.39, 0.29) is 29.8 Å². The standard InChI is InChI=1S/C19H21N3O5S/c23-18(11-20-19(24)14-4-1-5-15(10-14)22(25)26)21(12-16-6-2-8-27-16)13-17-7-3-9-28-17/h1,3-5,7,9-10,16H,2,6,8,11-13H2,(H,20,24). The third-order valence-electron chi connectivity index (χ3n) is 4.45. The van der Waals surface area contributed by atoms with Crippen molar-refractivity contribution in [3.05, 3.63) is 62.3 Å². The Morgan fingerprint density at radius 3 is 2.86 bits per heavy atom. The molecule has 9 heteroatoms. The van der Waals surface area contributed by atoms with Crippen LogP contribution in [0.15, 0.2) is 41.8 Å². The van der Waals surface area contributed by atoms with Gasteiger partial charge in [-0.15, -0.1) is 11.3 Å². The number of amides is 2. The van der Waals surface area contributed by atoms with Gasteiger partial charge in [0.2, 0.25) is 5.91 Å². The number of nitrogens with zero attached hydrogens (tertiary/aromatic N) is 2. The monoisotopic (exact) mass is 403 g/mol. The molecule has 2 aromatic rings. The topological polar surface area (TPSA) is 102 Å². The number of hydrogen-bond acceptors (Lipinski definition) is 6. The molecule has 1 saturated heterocycles. The Labute approximate surface area is 166 Å². The maximum absolute atomic E-state index is 12.7. The first kappa shape index (κ1) is 20.0. The fourth-order valence-electron chi connectivity index (χ4n) is 3.01. The van der Waals surface area contributed by atoms with Crippen molar-refractivity contribution in [1.29, 1.82) is 0 Å². The Morgan fingerprint density at radius 2 is 2.18 bits per heavy atom. The molecule has 148 valence electrons. The summed E-state index contributed by atoms with van der Waals surface area (Å²) < 4.78 is 5.64. The molecule has 1 aliphatic rings. The maximum Gasteiger partial charge on any atom is 0.270 e. The zero-order valence-electron chi connectivity index (χ0n) is 15.2. The van der Waals surface area contributed by atoms with E-state index in [4.69, 9.17) is 4.74 Å². The van der Waals surface area contributed by atoms with Crippen molar-refractivity contribution in [3.63, 3.8) is 0 Å². The molecule has 2 amide bonds. The molecule has 1 N–H and O–H groups in total. The lowest BCUT2D eigenvalue weighted by molar-refractivity contribution is -0.384. The molecule has 0 aliphatic carbocycles. The summed E-state index contributed by atoms with van der Waals surface area (Å²) >= 11 is 1.57. The summed E-state index contributed by atoms with van der Waals surface area (Å²) in [6.45, 7) is 1.46. The van der Waals surface area contributed by atoms with Gasteiger partial charge in [-0.25, -0.2) is 0 Å². The molecule has 1 aliphatic heterocycles. The van der Waals surface area contributed by atoms with Crippen LogP contribution in [0.5, 0.6) is 0 Å². The van der Waals surface area contributed by atoms with Gasteiger partial charge in [-0.2, -0.15) is 0 Å². The Morgan fingerprint density at radius 1 is 1.32 bits per heavy atom. The van der Waals surface area contributed by atoms with Crippen LogP contribution in [0.4, 0.5) is 5.69 Å². The van der Waals surface area contributed by atoms with Crippen LogP contribution in [0, 0.1) is 10.1 Å². The summed E-state index contributed by atoms with van der Waals surface area (Å²) in [4.78, 5) is 38.0.